The molecule has 7 nitrogen and oxygen atoms in total. The van der Waals surface area contributed by atoms with Gasteiger partial charge in [0.1, 0.15) is 0 Å². The summed E-state index contributed by atoms with van der Waals surface area (Å²) >= 11 is 0. The van der Waals surface area contributed by atoms with Gasteiger partial charge in [0.2, 0.25) is 11.8 Å². The second-order valence-corrected chi connectivity index (χ2v) is 8.18. The number of nitrogens with zero attached hydrogens (tertiary/aromatic N) is 1. The fourth-order valence-electron chi connectivity index (χ4n) is 3.87. The van der Waals surface area contributed by atoms with Crippen LogP contribution in [0.3, 0.4) is 0 Å². The summed E-state index contributed by atoms with van der Waals surface area (Å²) in [5.74, 6) is -0.0235. The molecule has 1 aliphatic heterocycles. The van der Waals surface area contributed by atoms with Gasteiger partial charge in [0.05, 0.1) is 32.6 Å². The Kier molecular flexibility index (Phi) is 7.41. The zero-order valence-corrected chi connectivity index (χ0v) is 18.5. The Hall–Kier alpha value is -3.19. The van der Waals surface area contributed by atoms with Crippen LogP contribution in [0.5, 0.6) is 0 Å². The lowest BCUT2D eigenvalue weighted by Crippen LogP contribution is -3.15. The van der Waals surface area contributed by atoms with Crippen LogP contribution in [-0.2, 0) is 20.8 Å². The number of nitrogens with one attached hydrogen (secondary N) is 3. The largest absolute Gasteiger partial charge is 0.331 e. The molecule has 2 aromatic rings. The van der Waals surface area contributed by atoms with Crippen LogP contribution < -0.4 is 15.5 Å². The smallest absolute Gasteiger partial charge is 0.279 e. The molecule has 3 N–H and O–H groups in total. The fourth-order valence-corrected chi connectivity index (χ4v) is 3.87. The number of para-hydroxylation sites is 1. The molecule has 164 valence electrons. The summed E-state index contributed by atoms with van der Waals surface area (Å²) in [6.07, 6.45) is 0.336. The Balaban J connectivity index is 1.45. The molecule has 1 fully saturated rings. The van der Waals surface area contributed by atoms with E-state index >= 15 is 0 Å². The van der Waals surface area contributed by atoms with Gasteiger partial charge < -0.3 is 20.4 Å². The number of rotatable bonds is 6. The number of anilines is 2. The van der Waals surface area contributed by atoms with Gasteiger partial charge >= 0.3 is 0 Å². The van der Waals surface area contributed by atoms with Gasteiger partial charge in [-0.05, 0) is 42.7 Å². The van der Waals surface area contributed by atoms with Gasteiger partial charge in [0.25, 0.3) is 5.91 Å². The second kappa shape index (κ2) is 10.2. The molecule has 3 rings (SSSR count). The van der Waals surface area contributed by atoms with Crippen LogP contribution in [0.2, 0.25) is 0 Å². The minimum absolute atomic E-state index is 0.00596. The standard InChI is InChI=1S/C24H30N4O3/c1-17-5-4-6-18(2)24(17)26-22(30)16-27-11-13-28(14-12-27)23(31)15-20-7-9-21(10-8-20)25-19(3)29/h4-10H,11-16H2,1-3H3,(H,25,29)(H,26,30)/p+1. The first-order chi connectivity index (χ1) is 14.8. The van der Waals surface area contributed by atoms with Crippen LogP contribution in [0.4, 0.5) is 11.4 Å². The van der Waals surface area contributed by atoms with Gasteiger partial charge in [-0.1, -0.05) is 30.3 Å². The highest BCUT2D eigenvalue weighted by atomic mass is 16.2. The topological polar surface area (TPSA) is 83.0 Å². The van der Waals surface area contributed by atoms with Crippen LogP contribution in [0.25, 0.3) is 0 Å². The van der Waals surface area contributed by atoms with Crippen molar-refractivity contribution in [3.05, 3.63) is 59.2 Å². The number of carbonyl (C=O) groups excluding carboxylic acids is 3. The van der Waals surface area contributed by atoms with Gasteiger partial charge in [-0.2, -0.15) is 0 Å². The number of quaternary nitrogens is 1. The molecule has 3 amide bonds. The fraction of sp³-hybridized carbons (Fsp3) is 0.375. The van der Waals surface area contributed by atoms with E-state index in [9.17, 15) is 14.4 Å². The molecule has 7 heteroatoms. The summed E-state index contributed by atoms with van der Waals surface area (Å²) in [5.41, 5.74) is 4.65. The second-order valence-electron chi connectivity index (χ2n) is 8.18. The molecule has 0 spiro atoms. The van der Waals surface area contributed by atoms with Crippen molar-refractivity contribution in [2.45, 2.75) is 27.2 Å². The van der Waals surface area contributed by atoms with E-state index in [1.165, 1.54) is 11.8 Å². The number of carbonyl (C=O) groups is 3. The zero-order valence-electron chi connectivity index (χ0n) is 18.5. The summed E-state index contributed by atoms with van der Waals surface area (Å²) in [4.78, 5) is 39.3. The van der Waals surface area contributed by atoms with Gasteiger partial charge in [-0.15, -0.1) is 0 Å². The molecule has 0 saturated carbocycles. The summed E-state index contributed by atoms with van der Waals surface area (Å²) in [6, 6.07) is 13.3. The highest BCUT2D eigenvalue weighted by molar-refractivity contribution is 5.93. The van der Waals surface area contributed by atoms with Gasteiger partial charge in [0.15, 0.2) is 6.54 Å². The summed E-state index contributed by atoms with van der Waals surface area (Å²) in [6.45, 7) is 8.66. The first-order valence-electron chi connectivity index (χ1n) is 10.7. The predicted octanol–water partition coefficient (Wildman–Crippen LogP) is 1.17. The van der Waals surface area contributed by atoms with E-state index in [-0.39, 0.29) is 17.7 Å². The predicted molar refractivity (Wildman–Crippen MR) is 121 cm³/mol. The van der Waals surface area contributed by atoms with Crippen molar-refractivity contribution >= 4 is 29.1 Å². The first kappa shape index (κ1) is 22.5. The van der Waals surface area contributed by atoms with Crippen LogP contribution >= 0.6 is 0 Å². The van der Waals surface area contributed by atoms with Crippen molar-refractivity contribution in [3.8, 4) is 0 Å². The number of aryl methyl sites for hydroxylation is 2. The van der Waals surface area contributed by atoms with Crippen LogP contribution in [0.1, 0.15) is 23.6 Å². The Labute approximate surface area is 183 Å². The summed E-state index contributed by atoms with van der Waals surface area (Å²) in [7, 11) is 0. The number of hydrogen-bond donors (Lipinski definition) is 3. The van der Waals surface area contributed by atoms with Gasteiger partial charge in [0, 0.05) is 18.3 Å². The molecule has 0 unspecified atom stereocenters. The molecular formula is C24H31N4O3+. The number of piperazine rings is 1. The van der Waals surface area contributed by atoms with E-state index in [0.717, 1.165) is 41.2 Å². The SMILES string of the molecule is CC(=O)Nc1ccc(CC(=O)N2CC[NH+](CC(=O)Nc3c(C)cccc3C)CC2)cc1. The summed E-state index contributed by atoms with van der Waals surface area (Å²) in [5, 5.41) is 5.76. The minimum atomic E-state index is -0.119. The van der Waals surface area contributed by atoms with E-state index in [0.29, 0.717) is 26.1 Å². The third-order valence-corrected chi connectivity index (χ3v) is 5.61. The van der Waals surface area contributed by atoms with Crippen molar-refractivity contribution in [1.82, 2.24) is 4.90 Å². The van der Waals surface area contributed by atoms with E-state index in [1.54, 1.807) is 12.1 Å². The number of amides is 3. The summed E-state index contributed by atoms with van der Waals surface area (Å²) < 4.78 is 0. The quantitative estimate of drug-likeness (QED) is 0.652. The molecule has 2 aromatic carbocycles. The Morgan fingerprint density at radius 2 is 1.55 bits per heavy atom. The van der Waals surface area contributed by atoms with Crippen molar-refractivity contribution in [2.24, 2.45) is 0 Å². The Bertz CT molecular complexity index is 928. The van der Waals surface area contributed by atoms with E-state index < -0.39 is 0 Å². The lowest BCUT2D eigenvalue weighted by Gasteiger charge is -2.32. The molecule has 0 aromatic heterocycles. The molecular weight excluding hydrogens is 392 g/mol. The van der Waals surface area contributed by atoms with Crippen molar-refractivity contribution < 1.29 is 19.3 Å². The number of hydrogen-bond acceptors (Lipinski definition) is 3. The zero-order chi connectivity index (χ0) is 22.4. The third kappa shape index (κ3) is 6.39. The lowest BCUT2D eigenvalue weighted by atomic mass is 10.1. The van der Waals surface area contributed by atoms with E-state index in [4.69, 9.17) is 0 Å². The van der Waals surface area contributed by atoms with Crippen molar-refractivity contribution in [2.75, 3.05) is 43.4 Å². The maximum absolute atomic E-state index is 12.6. The Morgan fingerprint density at radius 1 is 0.935 bits per heavy atom. The molecule has 0 atom stereocenters. The Morgan fingerprint density at radius 3 is 2.13 bits per heavy atom. The highest BCUT2D eigenvalue weighted by Gasteiger charge is 2.25. The average Bonchev–Trinajstić information content (AvgIpc) is 2.72. The van der Waals surface area contributed by atoms with Crippen LogP contribution in [-0.4, -0.2) is 55.3 Å². The molecule has 1 saturated heterocycles. The van der Waals surface area contributed by atoms with Gasteiger partial charge in [-0.25, -0.2) is 0 Å². The normalized spacial score (nSPS) is 14.2. The minimum Gasteiger partial charge on any atom is -0.331 e. The third-order valence-electron chi connectivity index (χ3n) is 5.61. The molecule has 0 bridgehead atoms. The van der Waals surface area contributed by atoms with E-state index in [2.05, 4.69) is 10.6 Å². The monoisotopic (exact) mass is 423 g/mol. The first-order valence-corrected chi connectivity index (χ1v) is 10.7. The maximum Gasteiger partial charge on any atom is 0.279 e. The van der Waals surface area contributed by atoms with Crippen LogP contribution in [0, 0.1) is 13.8 Å². The van der Waals surface area contributed by atoms with Crippen LogP contribution in [0.15, 0.2) is 42.5 Å². The molecule has 0 radical (unpaired) electrons. The highest BCUT2D eigenvalue weighted by Crippen LogP contribution is 2.19. The average molecular weight is 424 g/mol. The number of benzene rings is 2. The molecule has 1 aliphatic rings. The molecule has 31 heavy (non-hydrogen) atoms. The maximum atomic E-state index is 12.6. The lowest BCUT2D eigenvalue weighted by molar-refractivity contribution is -0.895. The molecule has 1 heterocycles. The van der Waals surface area contributed by atoms with E-state index in [1.807, 2.05) is 49.1 Å². The van der Waals surface area contributed by atoms with Crippen molar-refractivity contribution in [3.63, 3.8) is 0 Å². The van der Waals surface area contributed by atoms with Gasteiger partial charge in [-0.3, -0.25) is 14.4 Å². The van der Waals surface area contributed by atoms with Crippen molar-refractivity contribution in [1.29, 1.82) is 0 Å². The molecule has 0 aliphatic carbocycles.